The van der Waals surface area contributed by atoms with E-state index in [-0.39, 0.29) is 17.9 Å². The first kappa shape index (κ1) is 21.9. The van der Waals surface area contributed by atoms with Gasteiger partial charge in [-0.1, -0.05) is 35.9 Å². The monoisotopic (exact) mass is 435 g/mol. The van der Waals surface area contributed by atoms with Crippen LogP contribution in [0.5, 0.6) is 0 Å². The molecule has 0 aliphatic carbocycles. The second kappa shape index (κ2) is 9.87. The number of furan rings is 1. The Bertz CT molecular complexity index is 1090. The predicted molar refractivity (Wildman–Crippen MR) is 124 cm³/mol. The lowest BCUT2D eigenvalue weighted by Gasteiger charge is -2.32. The molecular formula is C25H29N3O4. The number of rotatable bonds is 6. The van der Waals surface area contributed by atoms with Crippen LogP contribution in [0.15, 0.2) is 52.9 Å². The number of nitrogens with zero attached hydrogens (tertiary/aromatic N) is 1. The zero-order chi connectivity index (χ0) is 22.5. The maximum absolute atomic E-state index is 13.3. The predicted octanol–water partition coefficient (Wildman–Crippen LogP) is 4.56. The molecule has 168 valence electrons. The molecule has 3 aromatic rings. The Labute approximate surface area is 187 Å². The van der Waals surface area contributed by atoms with Gasteiger partial charge in [-0.15, -0.1) is 0 Å². The first-order chi connectivity index (χ1) is 15.5. The van der Waals surface area contributed by atoms with Crippen LogP contribution in [0.25, 0.3) is 11.0 Å². The molecule has 1 aromatic heterocycles. The van der Waals surface area contributed by atoms with Crippen molar-refractivity contribution >= 4 is 28.6 Å². The minimum atomic E-state index is -0.239. The second-order valence-electron chi connectivity index (χ2n) is 8.30. The maximum Gasteiger partial charge on any atom is 0.319 e. The highest BCUT2D eigenvalue weighted by atomic mass is 16.5. The number of nitrogens with one attached hydrogen (secondary N) is 2. The summed E-state index contributed by atoms with van der Waals surface area (Å²) in [6.07, 6.45) is 1.84. The molecule has 1 saturated heterocycles. The van der Waals surface area contributed by atoms with Crippen LogP contribution >= 0.6 is 0 Å². The summed E-state index contributed by atoms with van der Waals surface area (Å²) in [5.41, 5.74) is 3.36. The molecule has 7 heteroatoms. The van der Waals surface area contributed by atoms with E-state index in [9.17, 15) is 9.59 Å². The topological polar surface area (TPSA) is 83.8 Å². The minimum Gasteiger partial charge on any atom is -0.451 e. The SMILES string of the molecule is COCc1c(C(=O)N2CCCC(CNC(=O)Nc3ccc(C)cc3)C2)oc2ccccc12. The number of fused-ring (bicyclic) bond motifs is 1. The van der Waals surface area contributed by atoms with Crippen molar-refractivity contribution in [3.05, 3.63) is 65.4 Å². The third-order valence-corrected chi connectivity index (χ3v) is 5.85. The zero-order valence-corrected chi connectivity index (χ0v) is 18.5. The van der Waals surface area contributed by atoms with Crippen LogP contribution in [0.2, 0.25) is 0 Å². The van der Waals surface area contributed by atoms with Gasteiger partial charge in [0, 0.05) is 43.4 Å². The molecule has 2 aromatic carbocycles. The molecule has 0 spiro atoms. The van der Waals surface area contributed by atoms with Crippen molar-refractivity contribution in [1.82, 2.24) is 10.2 Å². The van der Waals surface area contributed by atoms with E-state index < -0.39 is 0 Å². The number of hydrogen-bond donors (Lipinski definition) is 2. The van der Waals surface area contributed by atoms with Crippen molar-refractivity contribution < 1.29 is 18.7 Å². The number of likely N-dealkylation sites (tertiary alicyclic amines) is 1. The summed E-state index contributed by atoms with van der Waals surface area (Å²) >= 11 is 0. The number of methoxy groups -OCH3 is 1. The molecule has 4 rings (SSSR count). The zero-order valence-electron chi connectivity index (χ0n) is 18.5. The van der Waals surface area contributed by atoms with Gasteiger partial charge in [-0.05, 0) is 43.9 Å². The summed E-state index contributed by atoms with van der Waals surface area (Å²) in [5, 5.41) is 6.69. The van der Waals surface area contributed by atoms with E-state index in [1.165, 1.54) is 0 Å². The Morgan fingerprint density at radius 1 is 1.16 bits per heavy atom. The van der Waals surface area contributed by atoms with Crippen LogP contribution in [0.4, 0.5) is 10.5 Å². The number of aryl methyl sites for hydroxylation is 1. The average Bonchev–Trinajstić information content (AvgIpc) is 3.18. The minimum absolute atomic E-state index is 0.123. The molecule has 2 N–H and O–H groups in total. The summed E-state index contributed by atoms with van der Waals surface area (Å²) in [4.78, 5) is 27.4. The molecule has 2 heterocycles. The smallest absolute Gasteiger partial charge is 0.319 e. The van der Waals surface area contributed by atoms with Gasteiger partial charge in [-0.25, -0.2) is 4.79 Å². The molecule has 0 bridgehead atoms. The van der Waals surface area contributed by atoms with E-state index in [0.29, 0.717) is 37.6 Å². The summed E-state index contributed by atoms with van der Waals surface area (Å²) in [6, 6.07) is 15.0. The number of amides is 3. The molecule has 0 saturated carbocycles. The number of carbonyl (C=O) groups is 2. The summed E-state index contributed by atoms with van der Waals surface area (Å²) < 4.78 is 11.3. The first-order valence-electron chi connectivity index (χ1n) is 11.0. The fraction of sp³-hybridized carbons (Fsp3) is 0.360. The number of ether oxygens (including phenoxy) is 1. The van der Waals surface area contributed by atoms with Crippen molar-refractivity contribution in [2.24, 2.45) is 5.92 Å². The van der Waals surface area contributed by atoms with E-state index in [1.807, 2.05) is 60.4 Å². The molecule has 7 nitrogen and oxygen atoms in total. The summed E-state index contributed by atoms with van der Waals surface area (Å²) in [6.45, 7) is 4.08. The lowest BCUT2D eigenvalue weighted by molar-refractivity contribution is 0.0639. The van der Waals surface area contributed by atoms with Crippen LogP contribution in [0.1, 0.15) is 34.5 Å². The Morgan fingerprint density at radius 3 is 2.72 bits per heavy atom. The van der Waals surface area contributed by atoms with Gasteiger partial charge in [0.05, 0.1) is 6.61 Å². The van der Waals surface area contributed by atoms with E-state index in [4.69, 9.17) is 9.15 Å². The van der Waals surface area contributed by atoms with Gasteiger partial charge >= 0.3 is 6.03 Å². The molecule has 1 aliphatic rings. The van der Waals surface area contributed by atoms with E-state index in [1.54, 1.807) is 7.11 Å². The van der Waals surface area contributed by atoms with Crippen molar-refractivity contribution in [3.63, 3.8) is 0 Å². The second-order valence-corrected chi connectivity index (χ2v) is 8.30. The lowest BCUT2D eigenvalue weighted by Crippen LogP contribution is -2.44. The van der Waals surface area contributed by atoms with Crippen LogP contribution < -0.4 is 10.6 Å². The molecule has 0 radical (unpaired) electrons. The number of benzene rings is 2. The molecule has 1 fully saturated rings. The third-order valence-electron chi connectivity index (χ3n) is 5.85. The number of carbonyl (C=O) groups excluding carboxylic acids is 2. The van der Waals surface area contributed by atoms with Crippen molar-refractivity contribution in [2.45, 2.75) is 26.4 Å². The molecule has 3 amide bonds. The number of anilines is 1. The van der Waals surface area contributed by atoms with E-state index in [0.717, 1.165) is 35.0 Å². The summed E-state index contributed by atoms with van der Waals surface area (Å²) in [7, 11) is 1.61. The normalized spacial score (nSPS) is 16.2. The van der Waals surface area contributed by atoms with Gasteiger partial charge in [-0.2, -0.15) is 0 Å². The third kappa shape index (κ3) is 4.94. The van der Waals surface area contributed by atoms with Gasteiger partial charge in [0.2, 0.25) is 0 Å². The van der Waals surface area contributed by atoms with Crippen molar-refractivity contribution in [1.29, 1.82) is 0 Å². The quantitative estimate of drug-likeness (QED) is 0.594. The van der Waals surface area contributed by atoms with Crippen LogP contribution in [0.3, 0.4) is 0 Å². The molecule has 1 unspecified atom stereocenters. The van der Waals surface area contributed by atoms with Crippen molar-refractivity contribution in [2.75, 3.05) is 32.1 Å². The number of para-hydroxylation sites is 1. The standard InChI is InChI=1S/C25H29N3O4/c1-17-9-11-19(12-10-17)27-25(30)26-14-18-6-5-13-28(15-18)24(29)23-21(16-31-2)20-7-3-4-8-22(20)32-23/h3-4,7-12,18H,5-6,13-16H2,1-2H3,(H2,26,27,30). The Hall–Kier alpha value is -3.32. The van der Waals surface area contributed by atoms with E-state index >= 15 is 0 Å². The van der Waals surface area contributed by atoms with Crippen molar-refractivity contribution in [3.8, 4) is 0 Å². The molecule has 1 aliphatic heterocycles. The van der Waals surface area contributed by atoms with Gasteiger partial charge < -0.3 is 24.7 Å². The Morgan fingerprint density at radius 2 is 1.94 bits per heavy atom. The van der Waals surface area contributed by atoms with Gasteiger partial charge in [0.15, 0.2) is 5.76 Å². The number of hydrogen-bond acceptors (Lipinski definition) is 4. The number of piperidine rings is 1. The van der Waals surface area contributed by atoms with E-state index in [2.05, 4.69) is 10.6 Å². The van der Waals surface area contributed by atoms with Crippen LogP contribution in [0, 0.1) is 12.8 Å². The van der Waals surface area contributed by atoms with Crippen LogP contribution in [-0.2, 0) is 11.3 Å². The number of urea groups is 1. The largest absolute Gasteiger partial charge is 0.451 e. The molecule has 32 heavy (non-hydrogen) atoms. The lowest BCUT2D eigenvalue weighted by atomic mass is 9.97. The highest BCUT2D eigenvalue weighted by Gasteiger charge is 2.29. The fourth-order valence-electron chi connectivity index (χ4n) is 4.17. The first-order valence-corrected chi connectivity index (χ1v) is 11.0. The van der Waals surface area contributed by atoms with Gasteiger partial charge in [0.25, 0.3) is 5.91 Å². The van der Waals surface area contributed by atoms with Gasteiger partial charge in [-0.3, -0.25) is 4.79 Å². The average molecular weight is 436 g/mol. The molecular weight excluding hydrogens is 406 g/mol. The van der Waals surface area contributed by atoms with Gasteiger partial charge in [0.1, 0.15) is 5.58 Å². The fourth-order valence-corrected chi connectivity index (χ4v) is 4.17. The van der Waals surface area contributed by atoms with Crippen LogP contribution in [-0.4, -0.2) is 43.6 Å². The summed E-state index contributed by atoms with van der Waals surface area (Å²) in [5.74, 6) is 0.410. The Balaban J connectivity index is 1.38. The highest BCUT2D eigenvalue weighted by molar-refractivity contribution is 5.99. The highest BCUT2D eigenvalue weighted by Crippen LogP contribution is 2.29. The maximum atomic E-state index is 13.3. The molecule has 1 atom stereocenters. The Kier molecular flexibility index (Phi) is 6.75.